The minimum absolute atomic E-state index is 0.0436. The van der Waals surface area contributed by atoms with Gasteiger partial charge in [-0.25, -0.2) is 4.39 Å². The van der Waals surface area contributed by atoms with E-state index in [1.54, 1.807) is 0 Å². The first-order valence-corrected chi connectivity index (χ1v) is 4.56. The fraction of sp³-hybridized carbons (Fsp3) is 0.0909. The quantitative estimate of drug-likeness (QED) is 0.451. The number of hydrogen-bond donors (Lipinski definition) is 0. The summed E-state index contributed by atoms with van der Waals surface area (Å²) in [5.74, 6) is -0.974. The van der Waals surface area contributed by atoms with Crippen LogP contribution in [0.3, 0.4) is 0 Å². The van der Waals surface area contributed by atoms with Crippen molar-refractivity contribution in [3.8, 4) is 0 Å². The summed E-state index contributed by atoms with van der Waals surface area (Å²) >= 11 is 5.56. The summed E-state index contributed by atoms with van der Waals surface area (Å²) in [6, 6.07) is 2.74. The Bertz CT molecular complexity index is 438. The molecule has 0 unspecified atom stereocenters. The lowest BCUT2D eigenvalue weighted by molar-refractivity contribution is -0.104. The molecule has 0 aromatic heterocycles. The number of aldehydes is 1. The summed E-state index contributed by atoms with van der Waals surface area (Å²) in [5, 5.41) is -0.0782. The Balaban J connectivity index is 3.41. The molecule has 1 aromatic carbocycles. The molecular formula is C11H8ClFO2. The Morgan fingerprint density at radius 2 is 2.13 bits per heavy atom. The number of hydrogen-bond acceptors (Lipinski definition) is 2. The van der Waals surface area contributed by atoms with E-state index in [2.05, 4.69) is 0 Å². The van der Waals surface area contributed by atoms with Crippen LogP contribution in [0.1, 0.15) is 22.8 Å². The molecule has 1 rings (SSSR count). The van der Waals surface area contributed by atoms with Gasteiger partial charge in [0, 0.05) is 11.1 Å². The first kappa shape index (κ1) is 11.6. The molecule has 0 N–H and O–H groups in total. The average molecular weight is 227 g/mol. The highest BCUT2D eigenvalue weighted by molar-refractivity contribution is 6.31. The number of rotatable bonds is 3. The van der Waals surface area contributed by atoms with Crippen LogP contribution in [0.4, 0.5) is 4.39 Å². The van der Waals surface area contributed by atoms with Crippen LogP contribution in [0, 0.1) is 5.82 Å². The smallest absolute Gasteiger partial charge is 0.160 e. The van der Waals surface area contributed by atoms with Crippen molar-refractivity contribution in [1.29, 1.82) is 0 Å². The third kappa shape index (κ3) is 2.50. The number of Topliss-reactive ketones (excluding diaryl/α,β-unsaturated/α-hetero) is 1. The van der Waals surface area contributed by atoms with E-state index in [1.807, 2.05) is 0 Å². The predicted molar refractivity (Wildman–Crippen MR) is 56.5 cm³/mol. The van der Waals surface area contributed by atoms with Gasteiger partial charge < -0.3 is 0 Å². The normalized spacial score (nSPS) is 10.6. The second-order valence-corrected chi connectivity index (χ2v) is 3.28. The van der Waals surface area contributed by atoms with Crippen LogP contribution >= 0.6 is 11.6 Å². The van der Waals surface area contributed by atoms with Crippen molar-refractivity contribution in [1.82, 2.24) is 0 Å². The first-order valence-electron chi connectivity index (χ1n) is 4.18. The first-order chi connectivity index (χ1) is 7.07. The Hall–Kier alpha value is -1.48. The van der Waals surface area contributed by atoms with Gasteiger partial charge >= 0.3 is 0 Å². The zero-order valence-corrected chi connectivity index (χ0v) is 8.72. The maximum absolute atomic E-state index is 13.5. The van der Waals surface area contributed by atoms with E-state index < -0.39 is 5.82 Å². The minimum atomic E-state index is -0.692. The minimum Gasteiger partial charge on any atom is -0.299 e. The molecule has 0 fully saturated rings. The van der Waals surface area contributed by atoms with Gasteiger partial charge in [-0.15, -0.1) is 0 Å². The summed E-state index contributed by atoms with van der Waals surface area (Å²) in [4.78, 5) is 21.3. The molecule has 2 nitrogen and oxygen atoms in total. The molecule has 0 aliphatic heterocycles. The highest BCUT2D eigenvalue weighted by atomic mass is 35.5. The lowest BCUT2D eigenvalue weighted by Gasteiger charge is -2.04. The van der Waals surface area contributed by atoms with E-state index in [0.717, 1.165) is 6.08 Å². The van der Waals surface area contributed by atoms with Gasteiger partial charge in [0.15, 0.2) is 5.78 Å². The third-order valence-electron chi connectivity index (χ3n) is 1.85. The lowest BCUT2D eigenvalue weighted by Crippen LogP contribution is -1.99. The van der Waals surface area contributed by atoms with Crippen molar-refractivity contribution >= 4 is 29.7 Å². The van der Waals surface area contributed by atoms with Gasteiger partial charge in [-0.1, -0.05) is 11.6 Å². The summed E-state index contributed by atoms with van der Waals surface area (Å²) in [6.45, 7) is 1.32. The van der Waals surface area contributed by atoms with Crippen LogP contribution in [0.15, 0.2) is 18.2 Å². The largest absolute Gasteiger partial charge is 0.299 e. The molecule has 0 saturated heterocycles. The zero-order chi connectivity index (χ0) is 11.4. The number of carbonyl (C=O) groups is 2. The van der Waals surface area contributed by atoms with E-state index in [4.69, 9.17) is 11.6 Å². The van der Waals surface area contributed by atoms with Crippen molar-refractivity contribution < 1.29 is 14.0 Å². The van der Waals surface area contributed by atoms with E-state index in [1.165, 1.54) is 25.1 Å². The molecule has 0 aliphatic carbocycles. The lowest BCUT2D eigenvalue weighted by atomic mass is 10.0. The Morgan fingerprint density at radius 3 is 2.67 bits per heavy atom. The molecule has 0 radical (unpaired) electrons. The molecule has 0 heterocycles. The van der Waals surface area contributed by atoms with E-state index in [9.17, 15) is 14.0 Å². The summed E-state index contributed by atoms with van der Waals surface area (Å²) in [5.41, 5.74) is 0.247. The fourth-order valence-corrected chi connectivity index (χ4v) is 1.34. The highest BCUT2D eigenvalue weighted by Gasteiger charge is 2.12. The molecule has 1 aromatic rings. The van der Waals surface area contributed by atoms with Gasteiger partial charge in [-0.2, -0.15) is 0 Å². The second kappa shape index (κ2) is 4.84. The molecular weight excluding hydrogens is 219 g/mol. The average Bonchev–Trinajstić information content (AvgIpc) is 2.19. The monoisotopic (exact) mass is 226 g/mol. The fourth-order valence-electron chi connectivity index (χ4n) is 1.17. The summed E-state index contributed by atoms with van der Waals surface area (Å²) in [7, 11) is 0. The molecule has 0 saturated carbocycles. The van der Waals surface area contributed by atoms with Crippen LogP contribution < -0.4 is 0 Å². The van der Waals surface area contributed by atoms with Crippen molar-refractivity contribution in [2.75, 3.05) is 0 Å². The van der Waals surface area contributed by atoms with Gasteiger partial charge in [-0.3, -0.25) is 9.59 Å². The third-order valence-corrected chi connectivity index (χ3v) is 2.15. The second-order valence-electron chi connectivity index (χ2n) is 2.87. The van der Waals surface area contributed by atoms with Crippen LogP contribution in [0.2, 0.25) is 5.02 Å². The van der Waals surface area contributed by atoms with Gasteiger partial charge in [-0.05, 0) is 31.2 Å². The van der Waals surface area contributed by atoms with Gasteiger partial charge in [0.05, 0.1) is 5.02 Å². The van der Waals surface area contributed by atoms with Gasteiger partial charge in [0.1, 0.15) is 12.1 Å². The molecule has 15 heavy (non-hydrogen) atoms. The van der Waals surface area contributed by atoms with Crippen molar-refractivity contribution in [2.24, 2.45) is 0 Å². The Labute approximate surface area is 91.4 Å². The van der Waals surface area contributed by atoms with Crippen LogP contribution in [0.25, 0.3) is 6.08 Å². The molecule has 0 amide bonds. The maximum Gasteiger partial charge on any atom is 0.160 e. The molecule has 0 atom stereocenters. The van der Waals surface area contributed by atoms with Crippen LogP contribution in [-0.4, -0.2) is 12.1 Å². The van der Waals surface area contributed by atoms with Crippen molar-refractivity contribution in [2.45, 2.75) is 6.92 Å². The van der Waals surface area contributed by atoms with Crippen molar-refractivity contribution in [3.63, 3.8) is 0 Å². The SMILES string of the molecule is CC(=O)c1ccc(Cl)c(F)c1/C=C/C=O. The van der Waals surface area contributed by atoms with E-state index >= 15 is 0 Å². The van der Waals surface area contributed by atoms with Gasteiger partial charge in [0.25, 0.3) is 0 Å². The molecule has 0 aliphatic rings. The number of ketones is 1. The molecule has 4 heteroatoms. The van der Waals surface area contributed by atoms with E-state index in [0.29, 0.717) is 6.29 Å². The number of allylic oxidation sites excluding steroid dienone is 1. The van der Waals surface area contributed by atoms with E-state index in [-0.39, 0.29) is 21.9 Å². The van der Waals surface area contributed by atoms with Crippen LogP contribution in [-0.2, 0) is 4.79 Å². The zero-order valence-electron chi connectivity index (χ0n) is 7.96. The molecule has 0 spiro atoms. The number of halogens is 2. The predicted octanol–water partition coefficient (Wildman–Crippen LogP) is 2.89. The van der Waals surface area contributed by atoms with Crippen LogP contribution in [0.5, 0.6) is 0 Å². The maximum atomic E-state index is 13.5. The number of carbonyl (C=O) groups excluding carboxylic acids is 2. The Morgan fingerprint density at radius 1 is 1.47 bits per heavy atom. The molecule has 78 valence electrons. The standard InChI is InChI=1S/C11H8ClFO2/c1-7(15)8-4-5-10(12)11(13)9(8)3-2-6-14/h2-6H,1H3/b3-2+. The summed E-state index contributed by atoms with van der Waals surface area (Å²) < 4.78 is 13.5. The summed E-state index contributed by atoms with van der Waals surface area (Å²) in [6.07, 6.45) is 2.84. The number of benzene rings is 1. The highest BCUT2D eigenvalue weighted by Crippen LogP contribution is 2.23. The molecule has 0 bridgehead atoms. The van der Waals surface area contributed by atoms with Gasteiger partial charge in [0.2, 0.25) is 0 Å². The Kier molecular flexibility index (Phi) is 3.74. The van der Waals surface area contributed by atoms with Crippen molar-refractivity contribution in [3.05, 3.63) is 40.2 Å². The topological polar surface area (TPSA) is 34.1 Å².